The molecule has 180 valence electrons. The van der Waals surface area contributed by atoms with Crippen molar-refractivity contribution in [2.24, 2.45) is 0 Å². The monoisotopic (exact) mass is 488 g/mol. The second-order valence-corrected chi connectivity index (χ2v) is 7.13. The zero-order valence-corrected chi connectivity index (χ0v) is 18.9. The molecule has 0 radical (unpaired) electrons. The smallest absolute Gasteiger partial charge is 0.346 e. The number of rotatable bonds is 4. The Morgan fingerprint density at radius 2 is 0.861 bits per heavy atom. The van der Waals surface area contributed by atoms with Crippen LogP contribution in [0, 0.1) is 0 Å². The van der Waals surface area contributed by atoms with E-state index in [9.17, 15) is 28.8 Å². The summed E-state index contributed by atoms with van der Waals surface area (Å²) in [6, 6.07) is 13.2. The first-order valence-electron chi connectivity index (χ1n) is 10.7. The van der Waals surface area contributed by atoms with Gasteiger partial charge in [0.15, 0.2) is 0 Å². The van der Waals surface area contributed by atoms with Crippen molar-refractivity contribution in [3.05, 3.63) is 94.0 Å². The van der Waals surface area contributed by atoms with E-state index in [0.29, 0.717) is 0 Å². The van der Waals surface area contributed by atoms with E-state index in [0.717, 1.165) is 0 Å². The molecule has 0 bridgehead atoms. The molecule has 3 aromatic rings. The summed E-state index contributed by atoms with van der Waals surface area (Å²) < 4.78 is 19.4. The molecule has 0 amide bonds. The maximum Gasteiger partial charge on any atom is 0.346 e. The Balaban J connectivity index is 0.00000148. The van der Waals surface area contributed by atoms with Gasteiger partial charge < -0.3 is 18.9 Å². The van der Waals surface area contributed by atoms with E-state index in [-0.39, 0.29) is 44.9 Å². The maximum absolute atomic E-state index is 12.4. The fourth-order valence-electron chi connectivity index (χ4n) is 3.33. The highest BCUT2D eigenvalue weighted by Crippen LogP contribution is 2.25. The van der Waals surface area contributed by atoms with Gasteiger partial charge in [0.1, 0.15) is 11.5 Å². The third kappa shape index (κ3) is 4.47. The lowest BCUT2D eigenvalue weighted by Crippen LogP contribution is -2.11. The van der Waals surface area contributed by atoms with Gasteiger partial charge in [-0.2, -0.15) is 0 Å². The third-order valence-electron chi connectivity index (χ3n) is 5.01. The molecule has 0 saturated carbocycles. The molecule has 0 atom stereocenters. The summed E-state index contributed by atoms with van der Waals surface area (Å²) in [5.74, 6) is -4.54. The van der Waals surface area contributed by atoms with Crippen molar-refractivity contribution in [1.82, 2.24) is 0 Å². The molecular weight excluding hydrogens is 472 g/mol. The van der Waals surface area contributed by atoms with Crippen LogP contribution in [0.5, 0.6) is 11.5 Å². The number of benzene rings is 3. The summed E-state index contributed by atoms with van der Waals surface area (Å²) in [6.07, 6.45) is 0. The molecule has 36 heavy (non-hydrogen) atoms. The van der Waals surface area contributed by atoms with E-state index in [1.54, 1.807) is 0 Å². The van der Waals surface area contributed by atoms with Crippen molar-refractivity contribution in [2.75, 3.05) is 0 Å². The van der Waals surface area contributed by atoms with Gasteiger partial charge in [-0.3, -0.25) is 0 Å². The molecule has 10 heteroatoms. The zero-order valence-electron chi connectivity index (χ0n) is 18.9. The minimum Gasteiger partial charge on any atom is -0.423 e. The number of ether oxygens (including phenoxy) is 4. The summed E-state index contributed by atoms with van der Waals surface area (Å²) in [6.45, 7) is 4.00. The molecule has 0 fully saturated rings. The second-order valence-electron chi connectivity index (χ2n) is 7.13. The van der Waals surface area contributed by atoms with Gasteiger partial charge >= 0.3 is 35.8 Å². The number of fused-ring (bicyclic) bond motifs is 2. The van der Waals surface area contributed by atoms with Crippen LogP contribution in [0.2, 0.25) is 0 Å². The van der Waals surface area contributed by atoms with Crippen LogP contribution in [0.4, 0.5) is 0 Å². The number of carbonyl (C=O) groups is 6. The minimum atomic E-state index is -0.840. The number of carbonyl (C=O) groups excluding carboxylic acids is 6. The molecule has 3 aromatic carbocycles. The second kappa shape index (κ2) is 9.63. The molecular formula is C26H16O10. The number of hydrogen-bond acceptors (Lipinski definition) is 10. The largest absolute Gasteiger partial charge is 0.423 e. The van der Waals surface area contributed by atoms with Gasteiger partial charge in [0, 0.05) is 0 Å². The van der Waals surface area contributed by atoms with Gasteiger partial charge in [-0.05, 0) is 60.7 Å². The highest BCUT2D eigenvalue weighted by molar-refractivity contribution is 6.16. The van der Waals surface area contributed by atoms with Gasteiger partial charge in [0.25, 0.3) is 0 Å². The Morgan fingerprint density at radius 3 is 1.22 bits per heavy atom. The topological polar surface area (TPSA) is 139 Å². The van der Waals surface area contributed by atoms with Crippen molar-refractivity contribution in [1.29, 1.82) is 0 Å². The molecule has 10 nitrogen and oxygen atoms in total. The van der Waals surface area contributed by atoms with Crippen molar-refractivity contribution in [3.8, 4) is 11.5 Å². The Labute approximate surface area is 203 Å². The molecule has 5 rings (SSSR count). The molecule has 0 aromatic heterocycles. The van der Waals surface area contributed by atoms with Crippen molar-refractivity contribution >= 4 is 35.8 Å². The van der Waals surface area contributed by atoms with Gasteiger partial charge in [-0.25, -0.2) is 28.8 Å². The van der Waals surface area contributed by atoms with Crippen LogP contribution < -0.4 is 9.47 Å². The normalized spacial score (nSPS) is 13.1. The van der Waals surface area contributed by atoms with Crippen molar-refractivity contribution < 1.29 is 47.7 Å². The summed E-state index contributed by atoms with van der Waals surface area (Å²) in [4.78, 5) is 71.1. The van der Waals surface area contributed by atoms with Crippen LogP contribution in [-0.2, 0) is 9.47 Å². The van der Waals surface area contributed by atoms with Crippen LogP contribution in [0.1, 0.15) is 76.0 Å². The van der Waals surface area contributed by atoms with Gasteiger partial charge in [-0.15, -0.1) is 0 Å². The Morgan fingerprint density at radius 1 is 0.528 bits per heavy atom. The molecule has 0 saturated heterocycles. The van der Waals surface area contributed by atoms with Crippen LogP contribution in [0.15, 0.2) is 60.7 Å². The molecule has 2 aliphatic rings. The molecule has 0 N–H and O–H groups in total. The molecule has 0 spiro atoms. The van der Waals surface area contributed by atoms with E-state index in [4.69, 9.17) is 9.47 Å². The quantitative estimate of drug-likeness (QED) is 0.303. The van der Waals surface area contributed by atoms with E-state index >= 15 is 0 Å². The Bertz CT molecular complexity index is 1340. The zero-order chi connectivity index (χ0) is 26.0. The Hall–Kier alpha value is -5.12. The molecule has 0 aliphatic carbocycles. The lowest BCUT2D eigenvalue weighted by molar-refractivity contribution is 0.0425. The summed E-state index contributed by atoms with van der Waals surface area (Å²) in [5, 5.41) is 0. The van der Waals surface area contributed by atoms with Gasteiger partial charge in [-0.1, -0.05) is 13.8 Å². The van der Waals surface area contributed by atoms with Gasteiger partial charge in [0.05, 0.1) is 33.4 Å². The van der Waals surface area contributed by atoms with Gasteiger partial charge in [0.2, 0.25) is 0 Å². The number of hydrogen-bond donors (Lipinski definition) is 0. The van der Waals surface area contributed by atoms with E-state index in [1.807, 2.05) is 13.8 Å². The minimum absolute atomic E-state index is 0.0223. The van der Waals surface area contributed by atoms with Crippen LogP contribution in [0.25, 0.3) is 0 Å². The third-order valence-corrected chi connectivity index (χ3v) is 5.01. The summed E-state index contributed by atoms with van der Waals surface area (Å²) in [7, 11) is 0. The van der Waals surface area contributed by atoms with E-state index < -0.39 is 35.8 Å². The average Bonchev–Trinajstić information content (AvgIpc) is 3.34. The first-order valence-corrected chi connectivity index (χ1v) is 10.7. The van der Waals surface area contributed by atoms with Crippen molar-refractivity contribution in [3.63, 3.8) is 0 Å². The van der Waals surface area contributed by atoms with Crippen LogP contribution >= 0.6 is 0 Å². The first-order chi connectivity index (χ1) is 17.3. The SMILES string of the molecule is CC.O=C(Oc1ccc(OC(=O)c2ccc3c(c2)C(=O)OC3=O)cc1)c1ccc2c(c1)C(=O)OC2=O. The highest BCUT2D eigenvalue weighted by atomic mass is 16.6. The van der Waals surface area contributed by atoms with E-state index in [2.05, 4.69) is 9.47 Å². The Kier molecular flexibility index (Phi) is 6.42. The fourth-order valence-corrected chi connectivity index (χ4v) is 3.33. The first kappa shape index (κ1) is 24.0. The lowest BCUT2D eigenvalue weighted by atomic mass is 10.1. The average molecular weight is 488 g/mol. The maximum atomic E-state index is 12.4. The fraction of sp³-hybridized carbons (Fsp3) is 0.0769. The summed E-state index contributed by atoms with van der Waals surface area (Å²) in [5.41, 5.74) is 0.167. The van der Waals surface area contributed by atoms with Crippen molar-refractivity contribution in [2.45, 2.75) is 13.8 Å². The predicted octanol–water partition coefficient (Wildman–Crippen LogP) is 3.77. The van der Waals surface area contributed by atoms with Crippen LogP contribution in [-0.4, -0.2) is 35.8 Å². The lowest BCUT2D eigenvalue weighted by Gasteiger charge is -2.07. The molecule has 0 unspecified atom stereocenters. The number of esters is 6. The standard InChI is InChI=1S/C24H10O10.C2H6/c25-19(11-1-7-15-17(9-11)23(29)33-21(15)27)31-13-3-5-14(6-4-13)32-20(26)12-2-8-16-18(10-12)24(30)34-22(16)28;1-2/h1-10H;1-2H3. The number of cyclic esters (lactones) is 4. The predicted molar refractivity (Wildman–Crippen MR) is 120 cm³/mol. The highest BCUT2D eigenvalue weighted by Gasteiger charge is 2.31. The van der Waals surface area contributed by atoms with Crippen LogP contribution in [0.3, 0.4) is 0 Å². The molecule has 2 aliphatic heterocycles. The molecule has 2 heterocycles. The van der Waals surface area contributed by atoms with E-state index in [1.165, 1.54) is 60.7 Å². The summed E-state index contributed by atoms with van der Waals surface area (Å²) >= 11 is 0.